The van der Waals surface area contributed by atoms with E-state index in [0.29, 0.717) is 6.04 Å². The summed E-state index contributed by atoms with van der Waals surface area (Å²) >= 11 is 3.96. The van der Waals surface area contributed by atoms with E-state index in [1.807, 2.05) is 22.7 Å². The molecule has 1 aliphatic carbocycles. The molecule has 1 atom stereocenters. The van der Waals surface area contributed by atoms with Crippen LogP contribution in [0.4, 0.5) is 0 Å². The molecule has 2 aromatic rings. The lowest BCUT2D eigenvalue weighted by Crippen LogP contribution is -2.16. The van der Waals surface area contributed by atoms with Crippen molar-refractivity contribution in [3.8, 4) is 0 Å². The normalized spacial score (nSPS) is 16.4. The Hall–Kier alpha value is -0.640. The van der Waals surface area contributed by atoms with E-state index in [2.05, 4.69) is 38.3 Å². The second kappa shape index (κ2) is 5.39. The highest BCUT2D eigenvalue weighted by Crippen LogP contribution is 2.38. The number of hydrogen-bond acceptors (Lipinski definition) is 3. The van der Waals surface area contributed by atoms with Gasteiger partial charge >= 0.3 is 0 Å². The Morgan fingerprint density at radius 1 is 1.11 bits per heavy atom. The van der Waals surface area contributed by atoms with Gasteiger partial charge in [0.15, 0.2) is 0 Å². The molecule has 0 spiro atoms. The molecule has 3 rings (SSSR count). The molecule has 0 fully saturated rings. The van der Waals surface area contributed by atoms with E-state index in [9.17, 15) is 0 Å². The minimum atomic E-state index is 0.384. The first-order valence-corrected chi connectivity index (χ1v) is 8.68. The summed E-state index contributed by atoms with van der Waals surface area (Å²) in [5, 5.41) is 3.52. The van der Waals surface area contributed by atoms with E-state index in [1.165, 1.54) is 45.9 Å². The van der Waals surface area contributed by atoms with Crippen molar-refractivity contribution < 1.29 is 0 Å². The molecule has 0 aliphatic heterocycles. The minimum Gasteiger partial charge on any atom is -0.308 e. The van der Waals surface area contributed by atoms with Gasteiger partial charge in [-0.05, 0) is 69.8 Å². The van der Waals surface area contributed by atoms with Gasteiger partial charge in [-0.3, -0.25) is 0 Å². The van der Waals surface area contributed by atoms with Crippen molar-refractivity contribution in [3.63, 3.8) is 0 Å². The average molecular weight is 291 g/mol. The Bertz CT molecular complexity index is 556. The van der Waals surface area contributed by atoms with Gasteiger partial charge in [0.05, 0.1) is 6.04 Å². The number of fused-ring (bicyclic) bond motifs is 1. The monoisotopic (exact) mass is 291 g/mol. The lowest BCUT2D eigenvalue weighted by molar-refractivity contribution is 0.693. The molecule has 102 valence electrons. The number of hydrogen-bond donors (Lipinski definition) is 1. The Morgan fingerprint density at radius 2 is 1.89 bits per heavy atom. The second-order valence-corrected chi connectivity index (χ2v) is 7.89. The summed E-state index contributed by atoms with van der Waals surface area (Å²) in [5.41, 5.74) is 3.03. The fourth-order valence-electron chi connectivity index (χ4n) is 3.00. The van der Waals surface area contributed by atoms with Gasteiger partial charge in [0.2, 0.25) is 0 Å². The van der Waals surface area contributed by atoms with Crippen LogP contribution in [-0.4, -0.2) is 7.05 Å². The highest BCUT2D eigenvalue weighted by Gasteiger charge is 2.21. The first kappa shape index (κ1) is 13.3. The van der Waals surface area contributed by atoms with Crippen molar-refractivity contribution in [2.75, 3.05) is 7.05 Å². The largest absolute Gasteiger partial charge is 0.308 e. The van der Waals surface area contributed by atoms with Crippen LogP contribution in [0.15, 0.2) is 12.1 Å². The predicted molar refractivity (Wildman–Crippen MR) is 85.7 cm³/mol. The zero-order valence-corrected chi connectivity index (χ0v) is 13.5. The molecule has 19 heavy (non-hydrogen) atoms. The number of aryl methyl sites for hydroxylation is 4. The topological polar surface area (TPSA) is 12.0 Å². The zero-order valence-electron chi connectivity index (χ0n) is 11.9. The molecule has 0 bridgehead atoms. The molecule has 1 N–H and O–H groups in total. The Kier molecular flexibility index (Phi) is 3.79. The maximum Gasteiger partial charge on any atom is 0.0765 e. The van der Waals surface area contributed by atoms with Crippen molar-refractivity contribution in [1.29, 1.82) is 0 Å². The van der Waals surface area contributed by atoms with Crippen LogP contribution in [0.3, 0.4) is 0 Å². The first-order chi connectivity index (χ1) is 9.19. The number of rotatable bonds is 3. The molecule has 1 aliphatic rings. The predicted octanol–water partition coefficient (Wildman–Crippen LogP) is 4.61. The summed E-state index contributed by atoms with van der Waals surface area (Å²) in [4.78, 5) is 6.03. The van der Waals surface area contributed by atoms with Gasteiger partial charge in [0, 0.05) is 19.5 Å². The van der Waals surface area contributed by atoms with Gasteiger partial charge in [-0.25, -0.2) is 0 Å². The van der Waals surface area contributed by atoms with Crippen molar-refractivity contribution in [2.24, 2.45) is 0 Å². The molecule has 0 saturated carbocycles. The Balaban J connectivity index is 1.98. The molecule has 2 aromatic heterocycles. The lowest BCUT2D eigenvalue weighted by Gasteiger charge is -2.14. The molecule has 1 nitrogen and oxygen atoms in total. The highest BCUT2D eigenvalue weighted by molar-refractivity contribution is 7.13. The number of thiophene rings is 2. The van der Waals surface area contributed by atoms with Gasteiger partial charge in [-0.2, -0.15) is 0 Å². The third kappa shape index (κ3) is 2.51. The maximum absolute atomic E-state index is 3.52. The summed E-state index contributed by atoms with van der Waals surface area (Å²) in [6, 6.07) is 5.14. The molecule has 0 aromatic carbocycles. The van der Waals surface area contributed by atoms with Gasteiger partial charge in [-0.15, -0.1) is 22.7 Å². The molecular weight excluding hydrogens is 270 g/mol. The summed E-state index contributed by atoms with van der Waals surface area (Å²) < 4.78 is 0. The van der Waals surface area contributed by atoms with E-state index in [-0.39, 0.29) is 0 Å². The van der Waals surface area contributed by atoms with Gasteiger partial charge in [0.1, 0.15) is 0 Å². The Morgan fingerprint density at radius 3 is 2.53 bits per heavy atom. The van der Waals surface area contributed by atoms with Crippen LogP contribution in [-0.2, 0) is 12.8 Å². The molecular formula is C16H21NS2. The smallest absolute Gasteiger partial charge is 0.0765 e. The maximum atomic E-state index is 3.52. The summed E-state index contributed by atoms with van der Waals surface area (Å²) in [6.07, 6.45) is 5.31. The fraction of sp³-hybridized carbons (Fsp3) is 0.500. The zero-order chi connectivity index (χ0) is 13.4. The third-order valence-corrected chi connectivity index (χ3v) is 6.45. The SMILES string of the molecule is CNC(c1cc2c(s1)CCCC2)c1sc(C)cc1C. The fourth-order valence-corrected chi connectivity index (χ4v) is 5.62. The quantitative estimate of drug-likeness (QED) is 0.870. The molecule has 1 unspecified atom stereocenters. The van der Waals surface area contributed by atoms with Gasteiger partial charge in [0.25, 0.3) is 0 Å². The molecule has 0 amide bonds. The van der Waals surface area contributed by atoms with Crippen LogP contribution in [0, 0.1) is 13.8 Å². The van der Waals surface area contributed by atoms with E-state index in [0.717, 1.165) is 0 Å². The molecule has 3 heteroatoms. The third-order valence-electron chi connectivity index (χ3n) is 3.93. The van der Waals surface area contributed by atoms with E-state index >= 15 is 0 Å². The van der Waals surface area contributed by atoms with E-state index in [1.54, 1.807) is 10.4 Å². The van der Waals surface area contributed by atoms with Crippen molar-refractivity contribution >= 4 is 22.7 Å². The van der Waals surface area contributed by atoms with Crippen LogP contribution >= 0.6 is 22.7 Å². The van der Waals surface area contributed by atoms with Crippen LogP contribution in [0.25, 0.3) is 0 Å². The Labute approximate surface area is 123 Å². The van der Waals surface area contributed by atoms with Crippen LogP contribution < -0.4 is 5.32 Å². The minimum absolute atomic E-state index is 0.384. The van der Waals surface area contributed by atoms with Crippen molar-refractivity contribution in [3.05, 3.63) is 42.8 Å². The molecule has 0 saturated heterocycles. The molecule has 2 heterocycles. The van der Waals surface area contributed by atoms with Crippen LogP contribution in [0.2, 0.25) is 0 Å². The summed E-state index contributed by atoms with van der Waals surface area (Å²) in [5.74, 6) is 0. The van der Waals surface area contributed by atoms with Crippen LogP contribution in [0.1, 0.15) is 49.5 Å². The van der Waals surface area contributed by atoms with Crippen molar-refractivity contribution in [1.82, 2.24) is 5.32 Å². The highest BCUT2D eigenvalue weighted by atomic mass is 32.1. The van der Waals surface area contributed by atoms with Crippen molar-refractivity contribution in [2.45, 2.75) is 45.6 Å². The first-order valence-electron chi connectivity index (χ1n) is 7.04. The van der Waals surface area contributed by atoms with E-state index in [4.69, 9.17) is 0 Å². The van der Waals surface area contributed by atoms with Gasteiger partial charge in [-0.1, -0.05) is 0 Å². The average Bonchev–Trinajstić information content (AvgIpc) is 2.94. The second-order valence-electron chi connectivity index (χ2n) is 5.43. The number of nitrogens with one attached hydrogen (secondary N) is 1. The standard InChI is InChI=1S/C16H21NS2/c1-10-8-11(2)18-16(10)15(17-3)14-9-12-6-4-5-7-13(12)19-14/h8-9,15,17H,4-7H2,1-3H3. The van der Waals surface area contributed by atoms with Gasteiger partial charge < -0.3 is 5.32 Å². The summed E-state index contributed by atoms with van der Waals surface area (Å²) in [6.45, 7) is 4.43. The lowest BCUT2D eigenvalue weighted by atomic mass is 9.98. The summed E-state index contributed by atoms with van der Waals surface area (Å²) in [7, 11) is 2.08. The van der Waals surface area contributed by atoms with E-state index < -0.39 is 0 Å². The molecule has 0 radical (unpaired) electrons. The van der Waals surface area contributed by atoms with Crippen LogP contribution in [0.5, 0.6) is 0 Å².